The molecule has 1 atom stereocenters. The fourth-order valence-electron chi connectivity index (χ4n) is 2.72. The van der Waals surface area contributed by atoms with Gasteiger partial charge in [-0.3, -0.25) is 16.2 Å². The van der Waals surface area contributed by atoms with E-state index >= 15 is 0 Å². The minimum absolute atomic E-state index is 0.0460. The summed E-state index contributed by atoms with van der Waals surface area (Å²) < 4.78 is 5.42. The van der Waals surface area contributed by atoms with E-state index in [4.69, 9.17) is 33.8 Å². The van der Waals surface area contributed by atoms with Crippen LogP contribution in [0.15, 0.2) is 18.2 Å². The van der Waals surface area contributed by atoms with Crippen LogP contribution in [0, 0.1) is 0 Å². The number of rotatable bonds is 4. The molecular weight excluding hydrogens is 297 g/mol. The van der Waals surface area contributed by atoms with Crippen LogP contribution in [0.4, 0.5) is 0 Å². The quantitative estimate of drug-likeness (QED) is 0.662. The van der Waals surface area contributed by atoms with Gasteiger partial charge in [-0.25, -0.2) is 0 Å². The number of benzene rings is 1. The lowest BCUT2D eigenvalue weighted by atomic mass is 9.87. The average Bonchev–Trinajstić information content (AvgIpc) is 2.44. The molecule has 2 rings (SSSR count). The molecule has 1 unspecified atom stereocenters. The van der Waals surface area contributed by atoms with Gasteiger partial charge in [0.25, 0.3) is 0 Å². The van der Waals surface area contributed by atoms with Crippen LogP contribution < -0.4 is 11.3 Å². The molecule has 0 bridgehead atoms. The molecule has 1 saturated heterocycles. The molecule has 1 aromatic carbocycles. The lowest BCUT2D eigenvalue weighted by Crippen LogP contribution is -2.57. The summed E-state index contributed by atoms with van der Waals surface area (Å²) in [5.74, 6) is 5.80. The second-order valence-corrected chi connectivity index (χ2v) is 6.34. The number of nitrogens with two attached hydrogens (primary N) is 1. The molecule has 0 aromatic heterocycles. The first-order chi connectivity index (χ1) is 9.46. The Labute approximate surface area is 130 Å². The zero-order valence-corrected chi connectivity index (χ0v) is 13.3. The molecule has 3 N–H and O–H groups in total. The maximum atomic E-state index is 6.12. The van der Waals surface area contributed by atoms with Crippen LogP contribution in [0.5, 0.6) is 0 Å². The van der Waals surface area contributed by atoms with Crippen LogP contribution in [-0.4, -0.2) is 36.7 Å². The SMILES string of the molecule is CC(C)(C(NN)c1ccc(Cl)c(Cl)c1)N1CCOCC1. The van der Waals surface area contributed by atoms with Crippen molar-refractivity contribution in [3.63, 3.8) is 0 Å². The fourth-order valence-corrected chi connectivity index (χ4v) is 3.03. The molecule has 112 valence electrons. The Kier molecular flexibility index (Phi) is 5.29. The van der Waals surface area contributed by atoms with E-state index in [-0.39, 0.29) is 11.6 Å². The van der Waals surface area contributed by atoms with Gasteiger partial charge in [-0.2, -0.15) is 0 Å². The molecular formula is C14H21Cl2N3O. The van der Waals surface area contributed by atoms with E-state index in [9.17, 15) is 0 Å². The summed E-state index contributed by atoms with van der Waals surface area (Å²) in [6.45, 7) is 7.64. The van der Waals surface area contributed by atoms with Gasteiger partial charge in [-0.05, 0) is 31.5 Å². The molecule has 0 spiro atoms. The van der Waals surface area contributed by atoms with Crippen molar-refractivity contribution in [1.29, 1.82) is 0 Å². The maximum absolute atomic E-state index is 6.12. The monoisotopic (exact) mass is 317 g/mol. The minimum Gasteiger partial charge on any atom is -0.379 e. The maximum Gasteiger partial charge on any atom is 0.0639 e. The lowest BCUT2D eigenvalue weighted by Gasteiger charge is -2.45. The van der Waals surface area contributed by atoms with E-state index in [2.05, 4.69) is 24.2 Å². The van der Waals surface area contributed by atoms with Crippen LogP contribution in [0.2, 0.25) is 10.0 Å². The number of morpholine rings is 1. The first kappa shape index (κ1) is 16.0. The summed E-state index contributed by atoms with van der Waals surface area (Å²) in [5.41, 5.74) is 3.79. The number of nitrogens with zero attached hydrogens (tertiary/aromatic N) is 1. The van der Waals surface area contributed by atoms with Crippen molar-refractivity contribution >= 4 is 23.2 Å². The normalized spacial score (nSPS) is 19.1. The number of hydrazine groups is 1. The van der Waals surface area contributed by atoms with Gasteiger partial charge in [0.15, 0.2) is 0 Å². The second-order valence-electron chi connectivity index (χ2n) is 5.53. The van der Waals surface area contributed by atoms with E-state index in [1.165, 1.54) is 0 Å². The molecule has 20 heavy (non-hydrogen) atoms. The smallest absolute Gasteiger partial charge is 0.0639 e. The Morgan fingerprint density at radius 3 is 2.45 bits per heavy atom. The highest BCUT2D eigenvalue weighted by Crippen LogP contribution is 2.34. The first-order valence-corrected chi connectivity index (χ1v) is 7.46. The van der Waals surface area contributed by atoms with Crippen molar-refractivity contribution in [3.8, 4) is 0 Å². The molecule has 4 nitrogen and oxygen atoms in total. The first-order valence-electron chi connectivity index (χ1n) is 6.70. The summed E-state index contributed by atoms with van der Waals surface area (Å²) in [4.78, 5) is 2.38. The molecule has 1 aliphatic heterocycles. The van der Waals surface area contributed by atoms with Gasteiger partial charge >= 0.3 is 0 Å². The second kappa shape index (κ2) is 6.60. The van der Waals surface area contributed by atoms with Gasteiger partial charge < -0.3 is 4.74 Å². The summed E-state index contributed by atoms with van der Waals surface area (Å²) in [5, 5.41) is 1.09. The van der Waals surface area contributed by atoms with Crippen LogP contribution >= 0.6 is 23.2 Å². The van der Waals surface area contributed by atoms with E-state index in [0.29, 0.717) is 10.0 Å². The third-order valence-electron chi connectivity index (χ3n) is 3.98. The van der Waals surface area contributed by atoms with E-state index < -0.39 is 0 Å². The highest BCUT2D eigenvalue weighted by Gasteiger charge is 2.36. The highest BCUT2D eigenvalue weighted by atomic mass is 35.5. The number of hydrogen-bond acceptors (Lipinski definition) is 4. The molecule has 1 fully saturated rings. The van der Waals surface area contributed by atoms with E-state index in [1.54, 1.807) is 6.07 Å². The van der Waals surface area contributed by atoms with Crippen molar-refractivity contribution in [2.75, 3.05) is 26.3 Å². The van der Waals surface area contributed by atoms with Crippen LogP contribution in [0.3, 0.4) is 0 Å². The Morgan fingerprint density at radius 1 is 1.25 bits per heavy atom. The zero-order chi connectivity index (χ0) is 14.8. The largest absolute Gasteiger partial charge is 0.379 e. The van der Waals surface area contributed by atoms with Crippen molar-refractivity contribution in [2.45, 2.75) is 25.4 Å². The third kappa shape index (κ3) is 3.27. The predicted octanol–water partition coefficient (Wildman–Crippen LogP) is 2.61. The highest BCUT2D eigenvalue weighted by molar-refractivity contribution is 6.42. The minimum atomic E-state index is -0.157. The molecule has 0 radical (unpaired) electrons. The third-order valence-corrected chi connectivity index (χ3v) is 4.72. The van der Waals surface area contributed by atoms with E-state index in [0.717, 1.165) is 31.9 Å². The van der Waals surface area contributed by atoms with Gasteiger partial charge in [0.2, 0.25) is 0 Å². The van der Waals surface area contributed by atoms with Gasteiger partial charge in [-0.1, -0.05) is 29.3 Å². The number of hydrogen-bond donors (Lipinski definition) is 2. The summed E-state index contributed by atoms with van der Waals surface area (Å²) >= 11 is 12.1. The van der Waals surface area contributed by atoms with Gasteiger partial charge in [0.1, 0.15) is 0 Å². The van der Waals surface area contributed by atoms with Crippen molar-refractivity contribution in [3.05, 3.63) is 33.8 Å². The molecule has 6 heteroatoms. The summed E-state index contributed by atoms with van der Waals surface area (Å²) in [6.07, 6.45) is 0. The van der Waals surface area contributed by atoms with Crippen molar-refractivity contribution in [1.82, 2.24) is 10.3 Å². The average molecular weight is 318 g/mol. The fraction of sp³-hybridized carbons (Fsp3) is 0.571. The molecule has 1 aromatic rings. The van der Waals surface area contributed by atoms with Crippen molar-refractivity contribution < 1.29 is 4.74 Å². The number of halogens is 2. The summed E-state index contributed by atoms with van der Waals surface area (Å²) in [7, 11) is 0. The van der Waals surface area contributed by atoms with Crippen LogP contribution in [0.25, 0.3) is 0 Å². The van der Waals surface area contributed by atoms with E-state index in [1.807, 2.05) is 12.1 Å². The molecule has 1 heterocycles. The molecule has 0 amide bonds. The van der Waals surface area contributed by atoms with Crippen LogP contribution in [0.1, 0.15) is 25.5 Å². The van der Waals surface area contributed by atoms with Crippen molar-refractivity contribution in [2.24, 2.45) is 5.84 Å². The zero-order valence-electron chi connectivity index (χ0n) is 11.8. The molecule has 0 aliphatic carbocycles. The summed E-state index contributed by atoms with van der Waals surface area (Å²) in [6, 6.07) is 5.59. The Hall–Kier alpha value is -0.360. The topological polar surface area (TPSA) is 50.5 Å². The lowest BCUT2D eigenvalue weighted by molar-refractivity contribution is -0.0238. The Morgan fingerprint density at radius 2 is 1.90 bits per heavy atom. The van der Waals surface area contributed by atoms with Gasteiger partial charge in [0, 0.05) is 18.6 Å². The molecule has 1 aliphatic rings. The number of nitrogens with one attached hydrogen (secondary N) is 1. The van der Waals surface area contributed by atoms with Gasteiger partial charge in [0.05, 0.1) is 29.3 Å². The standard InChI is InChI=1S/C14H21Cl2N3O/c1-14(2,19-5-7-20-8-6-19)13(18-17)10-3-4-11(15)12(16)9-10/h3-4,9,13,18H,5-8,17H2,1-2H3. The Bertz CT molecular complexity index is 462. The van der Waals surface area contributed by atoms with Gasteiger partial charge in [-0.15, -0.1) is 0 Å². The van der Waals surface area contributed by atoms with Crippen LogP contribution in [-0.2, 0) is 4.74 Å². The predicted molar refractivity (Wildman–Crippen MR) is 83.0 cm³/mol. The number of ether oxygens (including phenoxy) is 1. The molecule has 0 saturated carbocycles. The Balaban J connectivity index is 2.27.